The molecule has 0 spiro atoms. The summed E-state index contributed by atoms with van der Waals surface area (Å²) in [5.41, 5.74) is 5.24. The fourth-order valence-corrected chi connectivity index (χ4v) is 1.57. The predicted octanol–water partition coefficient (Wildman–Crippen LogP) is 7.79. The predicted molar refractivity (Wildman–Crippen MR) is 105 cm³/mol. The Kier molecular flexibility index (Phi) is 14.8. The zero-order chi connectivity index (χ0) is 17.5. The minimum absolute atomic E-state index is 0.599. The van der Waals surface area contributed by atoms with Gasteiger partial charge in [-0.15, -0.1) is 0 Å². The van der Waals surface area contributed by atoms with E-state index in [1.54, 1.807) is 0 Å². The average Bonchev–Trinajstić information content (AvgIpc) is 2.55. The maximum atomic E-state index is 2.22. The Morgan fingerprint density at radius 2 is 1.32 bits per heavy atom. The molecule has 0 heterocycles. The summed E-state index contributed by atoms with van der Waals surface area (Å²) in [5.74, 6) is 0.599. The van der Waals surface area contributed by atoms with Crippen LogP contribution in [-0.4, -0.2) is 0 Å². The van der Waals surface area contributed by atoms with Crippen LogP contribution in [0.5, 0.6) is 0 Å². The molecule has 0 aliphatic rings. The third-order valence-corrected chi connectivity index (χ3v) is 2.82. The van der Waals surface area contributed by atoms with E-state index in [9.17, 15) is 0 Å². The molecule has 0 N–H and O–H groups in total. The summed E-state index contributed by atoms with van der Waals surface area (Å²) in [7, 11) is 0. The molecule has 0 nitrogen and oxygen atoms in total. The topological polar surface area (TPSA) is 0 Å². The third kappa shape index (κ3) is 11.1. The Bertz CT molecular complexity index is 449. The quantitative estimate of drug-likeness (QED) is 0.498. The molecule has 0 aliphatic heterocycles. The molecule has 0 unspecified atom stereocenters. The molecule has 1 aromatic carbocycles. The van der Waals surface area contributed by atoms with Crippen molar-refractivity contribution in [2.45, 2.75) is 68.2 Å². The summed E-state index contributed by atoms with van der Waals surface area (Å²) >= 11 is 0. The van der Waals surface area contributed by atoms with Gasteiger partial charge >= 0.3 is 0 Å². The van der Waals surface area contributed by atoms with Crippen molar-refractivity contribution in [1.29, 1.82) is 0 Å². The fourth-order valence-electron chi connectivity index (χ4n) is 1.57. The lowest BCUT2D eigenvalue weighted by atomic mass is 10.0. The van der Waals surface area contributed by atoms with Crippen molar-refractivity contribution in [3.63, 3.8) is 0 Å². The maximum absolute atomic E-state index is 2.22. The molecule has 0 amide bonds. The van der Waals surface area contributed by atoms with E-state index < -0.39 is 0 Å². The highest BCUT2D eigenvalue weighted by atomic mass is 14.0. The molecular formula is C22H36. The Morgan fingerprint density at radius 3 is 1.73 bits per heavy atom. The third-order valence-electron chi connectivity index (χ3n) is 2.82. The molecule has 0 aliphatic carbocycles. The van der Waals surface area contributed by atoms with Gasteiger partial charge in [0.2, 0.25) is 0 Å². The van der Waals surface area contributed by atoms with Gasteiger partial charge in [0.25, 0.3) is 0 Å². The van der Waals surface area contributed by atoms with E-state index in [4.69, 9.17) is 0 Å². The minimum Gasteiger partial charge on any atom is -0.0764 e. The summed E-state index contributed by atoms with van der Waals surface area (Å²) in [4.78, 5) is 0. The number of hydrogen-bond donors (Lipinski definition) is 0. The van der Waals surface area contributed by atoms with Crippen LogP contribution in [0, 0.1) is 0 Å². The second kappa shape index (κ2) is 14.4. The van der Waals surface area contributed by atoms with Crippen molar-refractivity contribution in [1.82, 2.24) is 0 Å². The monoisotopic (exact) mass is 300 g/mol. The normalized spacial score (nSPS) is 10.5. The molecule has 0 radical (unpaired) electrons. The van der Waals surface area contributed by atoms with Crippen molar-refractivity contribution in [3.8, 4) is 0 Å². The lowest BCUT2D eigenvalue weighted by Crippen LogP contribution is -1.85. The highest BCUT2D eigenvalue weighted by molar-refractivity contribution is 5.53. The molecule has 0 atom stereocenters. The van der Waals surface area contributed by atoms with Crippen LogP contribution in [0.4, 0.5) is 0 Å². The van der Waals surface area contributed by atoms with Gasteiger partial charge in [-0.25, -0.2) is 0 Å². The fraction of sp³-hybridized carbons (Fsp3) is 0.455. The Morgan fingerprint density at radius 1 is 0.818 bits per heavy atom. The standard InChI is InChI=1S/C18H24.2C2H6/c1-14(2)6-7-16(5)8-9-17-10-12-18(13-11-17)15(3)4;2*1-2/h6-13,15H,1-5H3;2*1-2H3/b9-8+,16-7+;;. The first-order valence-electron chi connectivity index (χ1n) is 8.59. The number of hydrogen-bond acceptors (Lipinski definition) is 0. The molecule has 0 bridgehead atoms. The zero-order valence-corrected chi connectivity index (χ0v) is 16.2. The zero-order valence-electron chi connectivity index (χ0n) is 16.2. The van der Waals surface area contributed by atoms with Gasteiger partial charge in [-0.2, -0.15) is 0 Å². The van der Waals surface area contributed by atoms with Crippen LogP contribution < -0.4 is 0 Å². The van der Waals surface area contributed by atoms with Gasteiger partial charge < -0.3 is 0 Å². The van der Waals surface area contributed by atoms with Crippen LogP contribution in [0.15, 0.2) is 53.6 Å². The summed E-state index contributed by atoms with van der Waals surface area (Å²) in [5, 5.41) is 0. The molecule has 1 rings (SSSR count). The molecular weight excluding hydrogens is 264 g/mol. The molecule has 0 heteroatoms. The molecule has 0 saturated heterocycles. The molecule has 0 saturated carbocycles. The summed E-state index contributed by atoms with van der Waals surface area (Å²) in [6, 6.07) is 8.78. The van der Waals surface area contributed by atoms with Gasteiger partial charge in [0.05, 0.1) is 0 Å². The Balaban J connectivity index is 0. The first kappa shape index (κ1) is 22.7. The van der Waals surface area contributed by atoms with Crippen molar-refractivity contribution in [2.75, 3.05) is 0 Å². The average molecular weight is 301 g/mol. The first-order valence-corrected chi connectivity index (χ1v) is 8.59. The Labute approximate surface area is 139 Å². The van der Waals surface area contributed by atoms with Gasteiger partial charge in [0, 0.05) is 0 Å². The van der Waals surface area contributed by atoms with Crippen molar-refractivity contribution >= 4 is 6.08 Å². The van der Waals surface area contributed by atoms with Crippen LogP contribution in [0.25, 0.3) is 6.08 Å². The van der Waals surface area contributed by atoms with Crippen LogP contribution in [0.3, 0.4) is 0 Å². The maximum Gasteiger partial charge on any atom is -0.0219 e. The van der Waals surface area contributed by atoms with E-state index in [2.05, 4.69) is 83.2 Å². The lowest BCUT2D eigenvalue weighted by molar-refractivity contribution is 0.866. The first-order chi connectivity index (χ1) is 10.5. The molecule has 0 aromatic heterocycles. The highest BCUT2D eigenvalue weighted by Gasteiger charge is 1.96. The lowest BCUT2D eigenvalue weighted by Gasteiger charge is -2.04. The van der Waals surface area contributed by atoms with Gasteiger partial charge in [-0.3, -0.25) is 0 Å². The van der Waals surface area contributed by atoms with Gasteiger partial charge in [0.1, 0.15) is 0 Å². The van der Waals surface area contributed by atoms with E-state index in [1.165, 1.54) is 22.3 Å². The number of rotatable bonds is 4. The smallest absolute Gasteiger partial charge is 0.0219 e. The number of allylic oxidation sites excluding steroid dienone is 5. The second-order valence-corrected chi connectivity index (χ2v) is 5.31. The summed E-state index contributed by atoms with van der Waals surface area (Å²) in [6.45, 7) is 18.8. The Hall–Kier alpha value is -1.56. The summed E-state index contributed by atoms with van der Waals surface area (Å²) in [6.07, 6.45) is 8.61. The molecule has 0 fully saturated rings. The van der Waals surface area contributed by atoms with E-state index >= 15 is 0 Å². The van der Waals surface area contributed by atoms with Crippen LogP contribution in [0.2, 0.25) is 0 Å². The van der Waals surface area contributed by atoms with Gasteiger partial charge in [0.15, 0.2) is 0 Å². The number of benzene rings is 1. The van der Waals surface area contributed by atoms with Crippen molar-refractivity contribution < 1.29 is 0 Å². The van der Waals surface area contributed by atoms with Gasteiger partial charge in [-0.05, 0) is 37.8 Å². The van der Waals surface area contributed by atoms with Crippen LogP contribution >= 0.6 is 0 Å². The second-order valence-electron chi connectivity index (χ2n) is 5.31. The highest BCUT2D eigenvalue weighted by Crippen LogP contribution is 2.15. The molecule has 22 heavy (non-hydrogen) atoms. The van der Waals surface area contributed by atoms with Crippen LogP contribution in [-0.2, 0) is 0 Å². The SMILES string of the molecule is CC.CC.CC(C)=C/C=C(C)/C=C/c1ccc(C(C)C)cc1. The van der Waals surface area contributed by atoms with Crippen molar-refractivity contribution in [3.05, 3.63) is 64.8 Å². The van der Waals surface area contributed by atoms with E-state index in [1.807, 2.05) is 27.7 Å². The van der Waals surface area contributed by atoms with E-state index in [0.29, 0.717) is 5.92 Å². The van der Waals surface area contributed by atoms with E-state index in [0.717, 1.165) is 0 Å². The molecule has 124 valence electrons. The van der Waals surface area contributed by atoms with E-state index in [-0.39, 0.29) is 0 Å². The van der Waals surface area contributed by atoms with Gasteiger partial charge in [-0.1, -0.05) is 101 Å². The van der Waals surface area contributed by atoms with Crippen molar-refractivity contribution in [2.24, 2.45) is 0 Å². The van der Waals surface area contributed by atoms with Crippen LogP contribution in [0.1, 0.15) is 79.4 Å². The summed E-state index contributed by atoms with van der Waals surface area (Å²) < 4.78 is 0. The largest absolute Gasteiger partial charge is 0.0764 e. The molecule has 1 aromatic rings. The minimum atomic E-state index is 0.599.